The van der Waals surface area contributed by atoms with Crippen LogP contribution in [-0.4, -0.2) is 30.9 Å². The number of Topliss-reactive ketones (excluding diaryl/α,β-unsaturated/α-hetero) is 1. The number of hydrogen-bond acceptors (Lipinski definition) is 9. The molecule has 2 heterocycles. The van der Waals surface area contributed by atoms with Crippen LogP contribution < -0.4 is 21.7 Å². The van der Waals surface area contributed by atoms with Crippen LogP contribution in [0.15, 0.2) is 43.5 Å². The molecule has 0 aliphatic carbocycles. The number of aryl methyl sites for hydroxylation is 1. The van der Waals surface area contributed by atoms with Gasteiger partial charge in [0.15, 0.2) is 12.4 Å². The first-order valence-corrected chi connectivity index (χ1v) is 10.9. The van der Waals surface area contributed by atoms with Gasteiger partial charge in [0.1, 0.15) is 17.1 Å². The van der Waals surface area contributed by atoms with Crippen LogP contribution in [0.3, 0.4) is 0 Å². The summed E-state index contributed by atoms with van der Waals surface area (Å²) in [5, 5.41) is 7.94. The first kappa shape index (κ1) is 23.3. The quantitative estimate of drug-likeness (QED) is 0.376. The van der Waals surface area contributed by atoms with Crippen LogP contribution in [0.4, 0.5) is 5.82 Å². The Balaban J connectivity index is 1.68. The van der Waals surface area contributed by atoms with E-state index in [9.17, 15) is 14.4 Å². The molecule has 0 amide bonds. The number of hydrogen-bond donors (Lipinski definition) is 1. The van der Waals surface area contributed by atoms with Gasteiger partial charge in [0.05, 0.1) is 5.75 Å². The largest absolute Gasteiger partial charge is 0.484 e. The molecule has 10 nitrogen and oxygen atoms in total. The summed E-state index contributed by atoms with van der Waals surface area (Å²) in [6.07, 6.45) is 0. The monoisotopic (exact) mass is 459 g/mol. The van der Waals surface area contributed by atoms with E-state index in [1.807, 2.05) is 45.0 Å². The van der Waals surface area contributed by atoms with Gasteiger partial charge in [-0.15, -0.1) is 10.2 Å². The predicted octanol–water partition coefficient (Wildman–Crippen LogP) is 2.03. The number of ether oxygens (including phenoxy) is 1. The number of benzene rings is 1. The van der Waals surface area contributed by atoms with E-state index in [1.165, 1.54) is 11.6 Å². The highest BCUT2D eigenvalue weighted by molar-refractivity contribution is 7.99. The molecule has 0 spiro atoms. The number of thioether (sulfide) groups is 1. The van der Waals surface area contributed by atoms with E-state index in [-0.39, 0.29) is 40.8 Å². The highest BCUT2D eigenvalue weighted by Crippen LogP contribution is 2.20. The molecule has 3 aromatic rings. The zero-order valence-corrected chi connectivity index (χ0v) is 19.1. The van der Waals surface area contributed by atoms with E-state index in [2.05, 4.69) is 10.2 Å². The Kier molecular flexibility index (Phi) is 7.18. The maximum Gasteiger partial charge on any atom is 0.332 e. The molecule has 0 fully saturated rings. The van der Waals surface area contributed by atoms with Gasteiger partial charge in [-0.25, -0.2) is 4.79 Å². The van der Waals surface area contributed by atoms with E-state index in [1.54, 1.807) is 0 Å². The molecule has 0 saturated carbocycles. The van der Waals surface area contributed by atoms with E-state index in [4.69, 9.17) is 14.9 Å². The second-order valence-corrected chi connectivity index (χ2v) is 8.61. The zero-order chi connectivity index (χ0) is 23.4. The zero-order valence-electron chi connectivity index (χ0n) is 18.3. The smallest absolute Gasteiger partial charge is 0.332 e. The van der Waals surface area contributed by atoms with Crippen molar-refractivity contribution in [3.8, 4) is 5.75 Å². The van der Waals surface area contributed by atoms with Gasteiger partial charge in [-0.3, -0.25) is 18.7 Å². The van der Waals surface area contributed by atoms with Gasteiger partial charge in [0.25, 0.3) is 16.7 Å². The third-order valence-corrected chi connectivity index (χ3v) is 5.39. The molecule has 11 heteroatoms. The lowest BCUT2D eigenvalue weighted by molar-refractivity contribution is 0.102. The van der Waals surface area contributed by atoms with Gasteiger partial charge in [-0.2, -0.15) is 0 Å². The molecular formula is C21H25N5O5S. The second-order valence-electron chi connectivity index (χ2n) is 7.69. The van der Waals surface area contributed by atoms with Crippen LogP contribution in [0, 0.1) is 12.8 Å². The summed E-state index contributed by atoms with van der Waals surface area (Å²) in [4.78, 5) is 37.6. The molecular weight excluding hydrogens is 434 g/mol. The number of carbonyl (C=O) groups is 1. The molecule has 0 saturated heterocycles. The molecule has 170 valence electrons. The SMILES string of the molecule is Cc1ccc(OCc2nnc(SCC(=O)c3c(N)n(CC(C)C)c(=O)n(C)c3=O)o2)cc1. The summed E-state index contributed by atoms with van der Waals surface area (Å²) in [5.41, 5.74) is 5.65. The van der Waals surface area contributed by atoms with E-state index in [0.717, 1.165) is 21.9 Å². The summed E-state index contributed by atoms with van der Waals surface area (Å²) >= 11 is 0.979. The number of nitrogen functional groups attached to an aromatic ring is 1. The van der Waals surface area contributed by atoms with Gasteiger partial charge in [-0.05, 0) is 25.0 Å². The molecule has 0 aliphatic rings. The van der Waals surface area contributed by atoms with Gasteiger partial charge in [-0.1, -0.05) is 43.3 Å². The van der Waals surface area contributed by atoms with Crippen molar-refractivity contribution in [2.45, 2.75) is 39.1 Å². The van der Waals surface area contributed by atoms with Crippen LogP contribution in [0.25, 0.3) is 0 Å². The fourth-order valence-corrected chi connectivity index (χ4v) is 3.57. The molecule has 1 aromatic carbocycles. The molecule has 0 radical (unpaired) electrons. The van der Waals surface area contributed by atoms with Crippen molar-refractivity contribution in [3.63, 3.8) is 0 Å². The van der Waals surface area contributed by atoms with Crippen LogP contribution in [0.1, 0.15) is 35.7 Å². The summed E-state index contributed by atoms with van der Waals surface area (Å²) < 4.78 is 13.2. The molecule has 0 unspecified atom stereocenters. The van der Waals surface area contributed by atoms with Crippen molar-refractivity contribution in [2.75, 3.05) is 11.5 Å². The fraction of sp³-hybridized carbons (Fsp3) is 0.381. The molecule has 2 N–H and O–H groups in total. The first-order valence-electron chi connectivity index (χ1n) is 9.94. The molecule has 32 heavy (non-hydrogen) atoms. The Labute approximate surface area is 188 Å². The van der Waals surface area contributed by atoms with Gasteiger partial charge < -0.3 is 14.9 Å². The van der Waals surface area contributed by atoms with Crippen molar-refractivity contribution in [2.24, 2.45) is 13.0 Å². The minimum absolute atomic E-state index is 0.0816. The number of nitrogens with zero attached hydrogens (tertiary/aromatic N) is 4. The van der Waals surface area contributed by atoms with E-state index >= 15 is 0 Å². The standard InChI is InChI=1S/C21H25N5O5S/c1-12(2)9-26-18(22)17(19(28)25(4)21(26)29)15(27)11-32-20-24-23-16(31-20)10-30-14-7-5-13(3)6-8-14/h5-8,12H,9-11,22H2,1-4H3. The number of ketones is 1. The Morgan fingerprint density at radius 1 is 1.22 bits per heavy atom. The summed E-state index contributed by atoms with van der Waals surface area (Å²) in [6, 6.07) is 7.53. The molecule has 2 aromatic heterocycles. The molecule has 0 bridgehead atoms. The Morgan fingerprint density at radius 2 is 1.91 bits per heavy atom. The predicted molar refractivity (Wildman–Crippen MR) is 120 cm³/mol. The number of aromatic nitrogens is 4. The lowest BCUT2D eigenvalue weighted by Gasteiger charge is -2.15. The van der Waals surface area contributed by atoms with Crippen LogP contribution >= 0.6 is 11.8 Å². The van der Waals surface area contributed by atoms with Gasteiger partial charge >= 0.3 is 5.69 Å². The number of rotatable bonds is 9. The fourth-order valence-electron chi connectivity index (χ4n) is 2.92. The number of anilines is 1. The lowest BCUT2D eigenvalue weighted by atomic mass is 10.2. The highest BCUT2D eigenvalue weighted by atomic mass is 32.2. The molecule has 3 rings (SSSR count). The lowest BCUT2D eigenvalue weighted by Crippen LogP contribution is -2.43. The Bertz CT molecular complexity index is 1230. The topological polar surface area (TPSA) is 135 Å². The number of carbonyl (C=O) groups excluding carboxylic acids is 1. The number of nitrogens with two attached hydrogens (primary N) is 1. The summed E-state index contributed by atoms with van der Waals surface area (Å²) in [7, 11) is 1.32. The maximum absolute atomic E-state index is 12.8. The van der Waals surface area contributed by atoms with Crippen LogP contribution in [-0.2, 0) is 20.2 Å². The third kappa shape index (κ3) is 5.28. The average molecular weight is 460 g/mol. The Morgan fingerprint density at radius 3 is 2.56 bits per heavy atom. The molecule has 0 atom stereocenters. The van der Waals surface area contributed by atoms with Gasteiger partial charge in [0, 0.05) is 13.6 Å². The minimum Gasteiger partial charge on any atom is -0.484 e. The highest BCUT2D eigenvalue weighted by Gasteiger charge is 2.22. The maximum atomic E-state index is 12.8. The second kappa shape index (κ2) is 9.86. The van der Waals surface area contributed by atoms with Crippen molar-refractivity contribution in [3.05, 3.63) is 62.1 Å². The van der Waals surface area contributed by atoms with Crippen molar-refractivity contribution >= 4 is 23.4 Å². The first-order chi connectivity index (χ1) is 15.2. The van der Waals surface area contributed by atoms with Crippen LogP contribution in [0.2, 0.25) is 0 Å². The van der Waals surface area contributed by atoms with Gasteiger partial charge in [0.2, 0.25) is 0 Å². The van der Waals surface area contributed by atoms with Crippen molar-refractivity contribution in [1.29, 1.82) is 0 Å². The normalized spacial score (nSPS) is 11.2. The minimum atomic E-state index is -0.726. The summed E-state index contributed by atoms with van der Waals surface area (Å²) in [6.45, 7) is 6.17. The Hall–Kier alpha value is -3.34. The van der Waals surface area contributed by atoms with Crippen LogP contribution in [0.5, 0.6) is 5.75 Å². The summed E-state index contributed by atoms with van der Waals surface area (Å²) in [5.74, 6) is 0.211. The average Bonchev–Trinajstić information content (AvgIpc) is 3.21. The van der Waals surface area contributed by atoms with E-state index in [0.29, 0.717) is 12.3 Å². The van der Waals surface area contributed by atoms with Crippen molar-refractivity contribution in [1.82, 2.24) is 19.3 Å². The molecule has 0 aliphatic heterocycles. The third-order valence-electron chi connectivity index (χ3n) is 4.57. The van der Waals surface area contributed by atoms with E-state index < -0.39 is 17.0 Å². The van der Waals surface area contributed by atoms with Crippen molar-refractivity contribution < 1.29 is 13.9 Å².